The van der Waals surface area contributed by atoms with Crippen LogP contribution in [0.25, 0.3) is 16.6 Å². The second-order valence-corrected chi connectivity index (χ2v) is 8.22. The highest BCUT2D eigenvalue weighted by atomic mass is 16.5. The number of carbonyl (C=O) groups excluding carboxylic acids is 3. The van der Waals surface area contributed by atoms with Crippen molar-refractivity contribution < 1.29 is 24.2 Å². The summed E-state index contributed by atoms with van der Waals surface area (Å²) in [6, 6.07) is 24.1. The number of urea groups is 1. The number of imide groups is 1. The molecule has 1 aromatic heterocycles. The van der Waals surface area contributed by atoms with Crippen LogP contribution in [0.1, 0.15) is 17.0 Å². The number of hydrogen-bond acceptors (Lipinski definition) is 6. The molecule has 3 aromatic carbocycles. The summed E-state index contributed by atoms with van der Waals surface area (Å²) in [7, 11) is 1.17. The first-order chi connectivity index (χ1) is 17.5. The van der Waals surface area contributed by atoms with Gasteiger partial charge in [-0.3, -0.25) is 9.69 Å². The number of para-hydroxylation sites is 2. The third-order valence-corrected chi connectivity index (χ3v) is 6.13. The Morgan fingerprint density at radius 2 is 1.53 bits per heavy atom. The van der Waals surface area contributed by atoms with Gasteiger partial charge in [-0.2, -0.15) is 0 Å². The lowest BCUT2D eigenvalue weighted by Crippen LogP contribution is -2.45. The van der Waals surface area contributed by atoms with Crippen molar-refractivity contribution in [3.8, 4) is 0 Å². The number of rotatable bonds is 6. The summed E-state index contributed by atoms with van der Waals surface area (Å²) in [5.74, 6) is -1.94. The third kappa shape index (κ3) is 3.67. The maximum Gasteiger partial charge on any atom is 0.345 e. The average molecular weight is 482 g/mol. The Kier molecular flexibility index (Phi) is 5.73. The van der Waals surface area contributed by atoms with Gasteiger partial charge in [0.2, 0.25) is 0 Å². The van der Waals surface area contributed by atoms with Crippen LogP contribution in [0.15, 0.2) is 90.7 Å². The summed E-state index contributed by atoms with van der Waals surface area (Å²) in [6.45, 7) is -0.562. The van der Waals surface area contributed by atoms with Crippen LogP contribution in [0.4, 0.5) is 4.79 Å². The third-order valence-electron chi connectivity index (χ3n) is 6.13. The van der Waals surface area contributed by atoms with Crippen LogP contribution in [0.3, 0.4) is 0 Å². The number of nitrogens with zero attached hydrogens (tertiary/aromatic N) is 2. The highest BCUT2D eigenvalue weighted by Gasteiger charge is 2.54. The number of amides is 3. The predicted octanol–water partition coefficient (Wildman–Crippen LogP) is 3.50. The Balaban J connectivity index is 1.58. The van der Waals surface area contributed by atoms with Gasteiger partial charge in [0.05, 0.1) is 24.7 Å². The molecule has 0 unspecified atom stereocenters. The van der Waals surface area contributed by atoms with Gasteiger partial charge < -0.3 is 20.1 Å². The fourth-order valence-electron chi connectivity index (χ4n) is 4.41. The van der Waals surface area contributed by atoms with Gasteiger partial charge in [-0.05, 0) is 23.3 Å². The summed E-state index contributed by atoms with van der Waals surface area (Å²) in [6.07, 6.45) is 0. The highest BCUT2D eigenvalue weighted by Crippen LogP contribution is 2.36. The van der Waals surface area contributed by atoms with Gasteiger partial charge in [0, 0.05) is 0 Å². The number of esters is 1. The lowest BCUT2D eigenvalue weighted by molar-refractivity contribution is -0.134. The van der Waals surface area contributed by atoms with E-state index in [2.05, 4.69) is 15.3 Å². The van der Waals surface area contributed by atoms with Gasteiger partial charge in [-0.1, -0.05) is 72.8 Å². The monoisotopic (exact) mass is 482 g/mol. The maximum absolute atomic E-state index is 13.9. The average Bonchev–Trinajstić information content (AvgIpc) is 3.44. The van der Waals surface area contributed by atoms with E-state index in [9.17, 15) is 19.5 Å². The zero-order valence-corrected chi connectivity index (χ0v) is 19.3. The standard InChI is InChI=1S/C27H22N4O5/c1-36-24(33)22(23-28-19-14-8-9-15-20(19)29-23)21(32)16-31-25(34)27(30-26(31)35,17-10-4-2-5-11-17)18-12-6-3-7-13-18/h2-15,32H,16H2,1H3,(H,28,29)(H,30,35)/b22-21+. The first-order valence-corrected chi connectivity index (χ1v) is 11.2. The molecule has 0 atom stereocenters. The smallest absolute Gasteiger partial charge is 0.345 e. The van der Waals surface area contributed by atoms with Gasteiger partial charge in [0.25, 0.3) is 5.91 Å². The van der Waals surface area contributed by atoms with E-state index >= 15 is 0 Å². The number of imidazole rings is 1. The van der Waals surface area contributed by atoms with Crippen LogP contribution in [-0.2, 0) is 19.9 Å². The van der Waals surface area contributed by atoms with Crippen LogP contribution >= 0.6 is 0 Å². The summed E-state index contributed by atoms with van der Waals surface area (Å²) >= 11 is 0. The van der Waals surface area contributed by atoms with Crippen molar-refractivity contribution in [3.63, 3.8) is 0 Å². The van der Waals surface area contributed by atoms with Gasteiger partial charge in [0.1, 0.15) is 17.2 Å². The van der Waals surface area contributed by atoms with E-state index in [0.717, 1.165) is 4.90 Å². The number of carbonyl (C=O) groups is 3. The van der Waals surface area contributed by atoms with Crippen LogP contribution in [0.5, 0.6) is 0 Å². The van der Waals surface area contributed by atoms with Gasteiger partial charge in [-0.25, -0.2) is 14.6 Å². The number of aromatic nitrogens is 2. The van der Waals surface area contributed by atoms with Crippen molar-refractivity contribution in [3.05, 3.63) is 108 Å². The molecule has 0 saturated carbocycles. The number of ether oxygens (including phenoxy) is 1. The minimum absolute atomic E-state index is 0.0602. The molecule has 9 nitrogen and oxygen atoms in total. The van der Waals surface area contributed by atoms with E-state index in [1.807, 2.05) is 12.1 Å². The zero-order valence-electron chi connectivity index (χ0n) is 19.3. The molecule has 3 amide bonds. The molecule has 0 spiro atoms. The summed E-state index contributed by atoms with van der Waals surface area (Å²) in [5, 5.41) is 13.9. The van der Waals surface area contributed by atoms with E-state index in [0.29, 0.717) is 22.2 Å². The number of fused-ring (bicyclic) bond motifs is 1. The minimum atomic E-state index is -1.50. The molecule has 5 rings (SSSR count). The van der Waals surface area contributed by atoms with Crippen molar-refractivity contribution in [1.82, 2.24) is 20.2 Å². The maximum atomic E-state index is 13.9. The molecule has 1 saturated heterocycles. The van der Waals surface area contributed by atoms with E-state index in [1.165, 1.54) is 7.11 Å². The van der Waals surface area contributed by atoms with Crippen molar-refractivity contribution in [2.75, 3.05) is 13.7 Å². The van der Waals surface area contributed by atoms with E-state index < -0.39 is 35.8 Å². The topological polar surface area (TPSA) is 125 Å². The Morgan fingerprint density at radius 1 is 0.944 bits per heavy atom. The van der Waals surface area contributed by atoms with Crippen LogP contribution < -0.4 is 5.32 Å². The van der Waals surface area contributed by atoms with Gasteiger partial charge in [0.15, 0.2) is 5.54 Å². The predicted molar refractivity (Wildman–Crippen MR) is 132 cm³/mol. The van der Waals surface area contributed by atoms with Gasteiger partial charge >= 0.3 is 12.0 Å². The van der Waals surface area contributed by atoms with Crippen molar-refractivity contribution in [1.29, 1.82) is 0 Å². The van der Waals surface area contributed by atoms with Crippen LogP contribution in [0.2, 0.25) is 0 Å². The number of aliphatic hydroxyl groups is 1. The lowest BCUT2D eigenvalue weighted by atomic mass is 9.82. The number of methoxy groups -OCH3 is 1. The summed E-state index contributed by atoms with van der Waals surface area (Å²) in [5.41, 5.74) is 0.570. The quantitative estimate of drug-likeness (QED) is 0.167. The number of benzene rings is 3. The Hall–Kier alpha value is -4.92. The SMILES string of the molecule is COC(=O)/C(=C(/O)CN1C(=O)NC(c2ccccc2)(c2ccccc2)C1=O)c1nc2ccccc2[nH]1. The van der Waals surface area contributed by atoms with Crippen molar-refractivity contribution >= 4 is 34.5 Å². The Bertz CT molecular complexity index is 1420. The van der Waals surface area contributed by atoms with Crippen LogP contribution in [-0.4, -0.2) is 51.5 Å². The molecule has 180 valence electrons. The molecule has 3 N–H and O–H groups in total. The zero-order chi connectivity index (χ0) is 25.3. The second-order valence-electron chi connectivity index (χ2n) is 8.22. The first-order valence-electron chi connectivity index (χ1n) is 11.2. The molecule has 2 heterocycles. The molecule has 0 aliphatic carbocycles. The van der Waals surface area contributed by atoms with Crippen molar-refractivity contribution in [2.45, 2.75) is 5.54 Å². The molecule has 4 aromatic rings. The highest BCUT2D eigenvalue weighted by molar-refractivity contribution is 6.17. The van der Waals surface area contributed by atoms with Crippen molar-refractivity contribution in [2.24, 2.45) is 0 Å². The summed E-state index contributed by atoms with van der Waals surface area (Å²) < 4.78 is 4.86. The van der Waals surface area contributed by atoms with Gasteiger partial charge in [-0.15, -0.1) is 0 Å². The second kappa shape index (κ2) is 9.03. The number of aliphatic hydroxyl groups excluding tert-OH is 1. The molecule has 0 bridgehead atoms. The fourth-order valence-corrected chi connectivity index (χ4v) is 4.41. The molecule has 1 aliphatic heterocycles. The number of hydrogen-bond donors (Lipinski definition) is 3. The number of nitrogens with one attached hydrogen (secondary N) is 2. The van der Waals surface area contributed by atoms with E-state index in [1.54, 1.807) is 72.8 Å². The Labute approximate surface area is 206 Å². The molecule has 1 aliphatic rings. The number of H-pyrrole nitrogens is 1. The molecule has 36 heavy (non-hydrogen) atoms. The minimum Gasteiger partial charge on any atom is -0.509 e. The normalized spacial score (nSPS) is 15.5. The first kappa shape index (κ1) is 22.9. The molecule has 0 radical (unpaired) electrons. The number of aromatic amines is 1. The van der Waals surface area contributed by atoms with E-state index in [4.69, 9.17) is 4.74 Å². The van der Waals surface area contributed by atoms with E-state index in [-0.39, 0.29) is 11.4 Å². The fraction of sp³-hybridized carbons (Fsp3) is 0.111. The molecular weight excluding hydrogens is 460 g/mol. The molecule has 9 heteroatoms. The summed E-state index contributed by atoms with van der Waals surface area (Å²) in [4.78, 5) is 47.9. The molecule has 1 fully saturated rings. The van der Waals surface area contributed by atoms with Crippen LogP contribution in [0, 0.1) is 0 Å². The lowest BCUT2D eigenvalue weighted by Gasteiger charge is -2.28. The Morgan fingerprint density at radius 3 is 2.11 bits per heavy atom. The molecular formula is C27H22N4O5. The largest absolute Gasteiger partial charge is 0.509 e.